The van der Waals surface area contributed by atoms with Crippen molar-refractivity contribution in [1.29, 1.82) is 0 Å². The number of amidine groups is 1. The van der Waals surface area contributed by atoms with Crippen LogP contribution in [0.2, 0.25) is 0 Å². The maximum Gasteiger partial charge on any atom is 0.320 e. The molecule has 0 aliphatic carbocycles. The van der Waals surface area contributed by atoms with Crippen LogP contribution in [0.25, 0.3) is 0 Å². The lowest BCUT2D eigenvalue weighted by atomic mass is 10.2. The molecule has 0 saturated heterocycles. The second-order valence-electron chi connectivity index (χ2n) is 3.41. The topological polar surface area (TPSA) is 70.6 Å². The molecule has 1 aliphatic heterocycles. The van der Waals surface area contributed by atoms with Gasteiger partial charge in [0.2, 0.25) is 5.78 Å². The molecule has 0 aromatic rings. The minimum Gasteiger partial charge on any atom is -0.336 e. The molecule has 1 rings (SSSR count). The number of aliphatic imine (C=N–C) groups is 1. The number of hydrogen-bond acceptors (Lipinski definition) is 3. The summed E-state index contributed by atoms with van der Waals surface area (Å²) in [6.45, 7) is 3.67. The van der Waals surface area contributed by atoms with Gasteiger partial charge in [-0.15, -0.1) is 0 Å². The van der Waals surface area contributed by atoms with Crippen LogP contribution in [0.1, 0.15) is 20.3 Å². The summed E-state index contributed by atoms with van der Waals surface area (Å²) in [4.78, 5) is 26.5. The van der Waals surface area contributed by atoms with E-state index in [0.717, 1.165) is 0 Å². The van der Waals surface area contributed by atoms with E-state index in [1.165, 1.54) is 6.20 Å². The average Bonchev–Trinajstić information content (AvgIpc) is 2.08. The summed E-state index contributed by atoms with van der Waals surface area (Å²) in [6, 6.07) is -0.393. The Bertz CT molecular complexity index is 347. The van der Waals surface area contributed by atoms with Crippen molar-refractivity contribution in [3.8, 4) is 0 Å². The number of allylic oxidation sites excluding steroid dienone is 1. The number of carbonyl (C=O) groups is 2. The van der Waals surface area contributed by atoms with Gasteiger partial charge in [-0.2, -0.15) is 0 Å². The summed E-state index contributed by atoms with van der Waals surface area (Å²) in [5, 5.41) is 5.01. The highest BCUT2D eigenvalue weighted by atomic mass is 79.9. The molecule has 0 saturated carbocycles. The number of hydrogen-bond donors (Lipinski definition) is 2. The molecule has 5 nitrogen and oxygen atoms in total. The Morgan fingerprint density at radius 1 is 1.60 bits per heavy atom. The molecular formula is C9H12BrN3O2. The lowest BCUT2D eigenvalue weighted by Crippen LogP contribution is -2.45. The van der Waals surface area contributed by atoms with Crippen molar-refractivity contribution in [1.82, 2.24) is 10.6 Å². The number of amides is 2. The zero-order chi connectivity index (χ0) is 11.4. The lowest BCUT2D eigenvalue weighted by molar-refractivity contribution is -0.112. The van der Waals surface area contributed by atoms with Crippen molar-refractivity contribution in [3.05, 3.63) is 10.7 Å². The summed E-state index contributed by atoms with van der Waals surface area (Å²) >= 11 is 3.17. The normalized spacial score (nSPS) is 15.9. The predicted octanol–water partition coefficient (Wildman–Crippen LogP) is 1.30. The highest BCUT2D eigenvalue weighted by Gasteiger charge is 2.18. The van der Waals surface area contributed by atoms with Gasteiger partial charge in [0.15, 0.2) is 5.84 Å². The Labute approximate surface area is 96.1 Å². The molecule has 0 aromatic heterocycles. The van der Waals surface area contributed by atoms with E-state index in [1.54, 1.807) is 0 Å². The summed E-state index contributed by atoms with van der Waals surface area (Å²) in [6.07, 6.45) is 1.74. The maximum atomic E-state index is 11.4. The number of ketones is 1. The summed E-state index contributed by atoms with van der Waals surface area (Å²) in [5.41, 5.74) is 0. The fourth-order valence-electron chi connectivity index (χ4n) is 0.997. The monoisotopic (exact) mass is 273 g/mol. The molecule has 0 atom stereocenters. The predicted molar refractivity (Wildman–Crippen MR) is 60.9 cm³/mol. The first-order valence-corrected chi connectivity index (χ1v) is 5.31. The van der Waals surface area contributed by atoms with E-state index in [9.17, 15) is 9.59 Å². The van der Waals surface area contributed by atoms with Crippen LogP contribution >= 0.6 is 15.9 Å². The van der Waals surface area contributed by atoms with E-state index in [0.29, 0.717) is 4.48 Å². The Kier molecular flexibility index (Phi) is 4.02. The molecule has 0 spiro atoms. The highest BCUT2D eigenvalue weighted by Crippen LogP contribution is 2.14. The molecule has 0 unspecified atom stereocenters. The largest absolute Gasteiger partial charge is 0.336 e. The number of rotatable bonds is 1. The third-order valence-electron chi connectivity index (χ3n) is 1.58. The number of nitrogens with zero attached hydrogens (tertiary/aromatic N) is 1. The third-order valence-corrected chi connectivity index (χ3v) is 2.06. The molecule has 0 aromatic carbocycles. The van der Waals surface area contributed by atoms with Gasteiger partial charge in [-0.3, -0.25) is 10.1 Å². The Hall–Kier alpha value is -1.17. The van der Waals surface area contributed by atoms with Crippen LogP contribution in [0, 0.1) is 0 Å². The number of Topliss-reactive ketones (excluding diaryl/α,β-unsaturated/α-hetero) is 1. The first kappa shape index (κ1) is 11.9. The van der Waals surface area contributed by atoms with Crippen molar-refractivity contribution < 1.29 is 9.59 Å². The number of urea groups is 1. The van der Waals surface area contributed by atoms with Crippen LogP contribution in [0.15, 0.2) is 15.7 Å². The van der Waals surface area contributed by atoms with Gasteiger partial charge in [0.1, 0.15) is 0 Å². The van der Waals surface area contributed by atoms with Crippen LogP contribution < -0.4 is 10.6 Å². The fraction of sp³-hybridized carbons (Fsp3) is 0.444. The molecular weight excluding hydrogens is 262 g/mol. The van der Waals surface area contributed by atoms with Gasteiger partial charge in [0, 0.05) is 23.1 Å². The molecule has 0 radical (unpaired) electrons. The van der Waals surface area contributed by atoms with Crippen LogP contribution in [0.4, 0.5) is 4.79 Å². The molecule has 2 N–H and O–H groups in total. The first-order chi connectivity index (χ1) is 6.99. The van der Waals surface area contributed by atoms with E-state index in [-0.39, 0.29) is 24.1 Å². The summed E-state index contributed by atoms with van der Waals surface area (Å²) in [5.74, 6) is -0.125. The number of nitrogens with one attached hydrogen (secondary N) is 2. The van der Waals surface area contributed by atoms with Crippen molar-refractivity contribution in [2.75, 3.05) is 0 Å². The lowest BCUT2D eigenvalue weighted by Gasteiger charge is -2.12. The minimum absolute atomic E-state index is 0.0200. The molecule has 6 heteroatoms. The van der Waals surface area contributed by atoms with Crippen molar-refractivity contribution in [2.24, 2.45) is 4.99 Å². The Morgan fingerprint density at radius 2 is 2.27 bits per heavy atom. The van der Waals surface area contributed by atoms with Gasteiger partial charge in [-0.25, -0.2) is 9.79 Å². The third kappa shape index (κ3) is 3.83. The van der Waals surface area contributed by atoms with E-state index < -0.39 is 6.03 Å². The SMILES string of the molecule is CC(C)NC(=O)NC1=NC=C(Br)CC1=O. The molecule has 0 bridgehead atoms. The van der Waals surface area contributed by atoms with Crippen LogP contribution in [0.3, 0.4) is 0 Å². The van der Waals surface area contributed by atoms with Crippen LogP contribution in [-0.2, 0) is 4.79 Å². The number of halogens is 1. The zero-order valence-corrected chi connectivity index (χ0v) is 10.1. The van der Waals surface area contributed by atoms with Gasteiger partial charge in [-0.1, -0.05) is 15.9 Å². The average molecular weight is 274 g/mol. The molecule has 15 heavy (non-hydrogen) atoms. The molecule has 1 heterocycles. The van der Waals surface area contributed by atoms with Crippen molar-refractivity contribution in [3.63, 3.8) is 0 Å². The van der Waals surface area contributed by atoms with Gasteiger partial charge < -0.3 is 5.32 Å². The number of carbonyl (C=O) groups excluding carboxylic acids is 2. The van der Waals surface area contributed by atoms with Gasteiger partial charge in [0.05, 0.1) is 0 Å². The first-order valence-electron chi connectivity index (χ1n) is 4.52. The quantitative estimate of drug-likeness (QED) is 0.756. The van der Waals surface area contributed by atoms with E-state index in [1.807, 2.05) is 13.8 Å². The molecule has 82 valence electrons. The van der Waals surface area contributed by atoms with Gasteiger partial charge in [-0.05, 0) is 13.8 Å². The summed E-state index contributed by atoms with van der Waals surface area (Å²) in [7, 11) is 0. The minimum atomic E-state index is -0.413. The van der Waals surface area contributed by atoms with E-state index in [4.69, 9.17) is 0 Å². The Balaban J connectivity index is 2.59. The fourth-order valence-corrected chi connectivity index (χ4v) is 1.35. The zero-order valence-electron chi connectivity index (χ0n) is 8.50. The van der Waals surface area contributed by atoms with E-state index >= 15 is 0 Å². The molecule has 0 fully saturated rings. The standard InChI is InChI=1S/C9H12BrN3O2/c1-5(2)12-9(15)13-8-7(14)3-6(10)4-11-8/h4-5H,3H2,1-2H3,(H2,11,12,13,15). The van der Waals surface area contributed by atoms with E-state index in [2.05, 4.69) is 31.6 Å². The molecule has 2 amide bonds. The van der Waals surface area contributed by atoms with Crippen molar-refractivity contribution in [2.45, 2.75) is 26.3 Å². The van der Waals surface area contributed by atoms with Gasteiger partial charge in [0.25, 0.3) is 0 Å². The Morgan fingerprint density at radius 3 is 2.80 bits per heavy atom. The smallest absolute Gasteiger partial charge is 0.320 e. The second-order valence-corrected chi connectivity index (χ2v) is 4.43. The van der Waals surface area contributed by atoms with Crippen LogP contribution in [-0.4, -0.2) is 23.7 Å². The molecule has 1 aliphatic rings. The van der Waals surface area contributed by atoms with Gasteiger partial charge >= 0.3 is 6.03 Å². The second kappa shape index (κ2) is 5.06. The summed E-state index contributed by atoms with van der Waals surface area (Å²) < 4.78 is 0.710. The van der Waals surface area contributed by atoms with Crippen molar-refractivity contribution >= 4 is 33.6 Å². The maximum absolute atomic E-state index is 11.4. The van der Waals surface area contributed by atoms with Crippen LogP contribution in [0.5, 0.6) is 0 Å². The highest BCUT2D eigenvalue weighted by molar-refractivity contribution is 9.11.